The zero-order chi connectivity index (χ0) is 13.8. The van der Waals surface area contributed by atoms with Crippen LogP contribution in [0, 0.1) is 0 Å². The Kier molecular flexibility index (Phi) is 4.11. The van der Waals surface area contributed by atoms with Crippen LogP contribution < -0.4 is 10.6 Å². The Hall–Kier alpha value is -1.69. The Morgan fingerprint density at radius 2 is 2.15 bits per heavy atom. The van der Waals surface area contributed by atoms with Crippen LogP contribution in [0.25, 0.3) is 0 Å². The lowest BCUT2D eigenvalue weighted by molar-refractivity contribution is 0.0250. The first-order valence-corrected chi connectivity index (χ1v) is 6.86. The van der Waals surface area contributed by atoms with Gasteiger partial charge in [0.25, 0.3) is 0 Å². The Bertz CT molecular complexity index is 552. The highest BCUT2D eigenvalue weighted by Gasteiger charge is 2.16. The molecule has 0 aliphatic carbocycles. The number of halogens is 1. The van der Waals surface area contributed by atoms with Crippen LogP contribution in [0.1, 0.15) is 11.8 Å². The lowest BCUT2D eigenvalue weighted by atomic mass is 10.2. The van der Waals surface area contributed by atoms with Crippen LogP contribution in [-0.2, 0) is 4.74 Å². The summed E-state index contributed by atoms with van der Waals surface area (Å²) in [6, 6.07) is 7.55. The molecule has 104 valence electrons. The van der Waals surface area contributed by atoms with Gasteiger partial charge in [-0.1, -0.05) is 11.6 Å². The van der Waals surface area contributed by atoms with Gasteiger partial charge in [-0.25, -0.2) is 4.98 Å². The molecule has 2 aromatic heterocycles. The monoisotopic (exact) mass is 290 g/mol. The van der Waals surface area contributed by atoms with Crippen molar-refractivity contribution in [2.45, 2.75) is 6.10 Å². The molecule has 1 fully saturated rings. The van der Waals surface area contributed by atoms with Crippen molar-refractivity contribution in [1.29, 1.82) is 0 Å². The molecule has 1 atom stereocenters. The van der Waals surface area contributed by atoms with Gasteiger partial charge < -0.3 is 15.4 Å². The van der Waals surface area contributed by atoms with Crippen LogP contribution in [0.15, 0.2) is 36.7 Å². The van der Waals surface area contributed by atoms with E-state index in [4.69, 9.17) is 16.3 Å². The molecule has 2 aromatic rings. The summed E-state index contributed by atoms with van der Waals surface area (Å²) in [5, 5.41) is 7.08. The van der Waals surface area contributed by atoms with E-state index in [0.29, 0.717) is 5.02 Å². The molecule has 2 N–H and O–H groups in total. The molecule has 20 heavy (non-hydrogen) atoms. The van der Waals surface area contributed by atoms with E-state index in [1.165, 1.54) is 0 Å². The van der Waals surface area contributed by atoms with Crippen LogP contribution in [-0.4, -0.2) is 29.7 Å². The highest BCUT2D eigenvalue weighted by Crippen LogP contribution is 2.20. The van der Waals surface area contributed by atoms with Crippen LogP contribution in [0.3, 0.4) is 0 Å². The van der Waals surface area contributed by atoms with Crippen molar-refractivity contribution in [2.24, 2.45) is 0 Å². The van der Waals surface area contributed by atoms with Crippen molar-refractivity contribution in [3.63, 3.8) is 0 Å². The average molecular weight is 291 g/mol. The summed E-state index contributed by atoms with van der Waals surface area (Å²) < 4.78 is 5.66. The molecule has 3 rings (SSSR count). The zero-order valence-electron chi connectivity index (χ0n) is 10.8. The molecule has 0 aromatic carbocycles. The van der Waals surface area contributed by atoms with Gasteiger partial charge in [0, 0.05) is 19.3 Å². The van der Waals surface area contributed by atoms with Gasteiger partial charge >= 0.3 is 0 Å². The fraction of sp³-hybridized carbons (Fsp3) is 0.286. The summed E-state index contributed by atoms with van der Waals surface area (Å²) in [4.78, 5) is 8.62. The molecule has 1 unspecified atom stereocenters. The average Bonchev–Trinajstić information content (AvgIpc) is 2.51. The Morgan fingerprint density at radius 1 is 1.20 bits per heavy atom. The first kappa shape index (κ1) is 13.3. The molecule has 5 nitrogen and oxygen atoms in total. The number of anilines is 2. The van der Waals surface area contributed by atoms with Crippen molar-refractivity contribution in [2.75, 3.05) is 25.0 Å². The van der Waals surface area contributed by atoms with Gasteiger partial charge in [0.05, 0.1) is 29.2 Å². The summed E-state index contributed by atoms with van der Waals surface area (Å²) in [6.45, 7) is 2.43. The van der Waals surface area contributed by atoms with E-state index in [0.717, 1.165) is 36.9 Å². The Labute approximate surface area is 122 Å². The maximum atomic E-state index is 5.80. The molecule has 1 saturated heterocycles. The molecular weight excluding hydrogens is 276 g/mol. The number of nitrogens with zero attached hydrogens (tertiary/aromatic N) is 2. The van der Waals surface area contributed by atoms with Gasteiger partial charge in [0.1, 0.15) is 11.9 Å². The number of nitrogens with one attached hydrogen (secondary N) is 2. The first-order chi connectivity index (χ1) is 9.81. The minimum absolute atomic E-state index is 0.0338. The molecule has 3 heterocycles. The number of pyridine rings is 2. The van der Waals surface area contributed by atoms with Gasteiger partial charge in [-0.3, -0.25) is 4.98 Å². The molecule has 0 radical (unpaired) electrons. The van der Waals surface area contributed by atoms with Crippen molar-refractivity contribution in [3.8, 4) is 0 Å². The number of hydrogen-bond donors (Lipinski definition) is 2. The van der Waals surface area contributed by atoms with E-state index in [2.05, 4.69) is 20.6 Å². The molecule has 6 heteroatoms. The third kappa shape index (κ3) is 3.25. The van der Waals surface area contributed by atoms with Gasteiger partial charge in [-0.05, 0) is 24.3 Å². The zero-order valence-corrected chi connectivity index (χ0v) is 11.6. The lowest BCUT2D eigenvalue weighted by Gasteiger charge is -2.23. The van der Waals surface area contributed by atoms with Gasteiger partial charge in [0.15, 0.2) is 0 Å². The normalized spacial score (nSPS) is 18.8. The smallest absolute Gasteiger partial charge is 0.130 e. The second-order valence-corrected chi connectivity index (χ2v) is 4.96. The molecule has 0 amide bonds. The second-order valence-electron chi connectivity index (χ2n) is 4.52. The fourth-order valence-corrected chi connectivity index (χ4v) is 2.13. The third-order valence-electron chi connectivity index (χ3n) is 3.04. The van der Waals surface area contributed by atoms with Crippen molar-refractivity contribution in [3.05, 3.63) is 47.4 Å². The van der Waals surface area contributed by atoms with E-state index in [1.54, 1.807) is 18.5 Å². The van der Waals surface area contributed by atoms with Crippen molar-refractivity contribution < 1.29 is 4.74 Å². The van der Waals surface area contributed by atoms with Crippen molar-refractivity contribution in [1.82, 2.24) is 15.3 Å². The predicted octanol–water partition coefficient (Wildman–Crippen LogP) is 2.53. The number of morpholine rings is 1. The highest BCUT2D eigenvalue weighted by atomic mass is 35.5. The topological polar surface area (TPSA) is 59.1 Å². The van der Waals surface area contributed by atoms with E-state index in [-0.39, 0.29) is 6.10 Å². The van der Waals surface area contributed by atoms with E-state index in [1.807, 2.05) is 18.2 Å². The summed E-state index contributed by atoms with van der Waals surface area (Å²) in [5.74, 6) is 0.736. The number of ether oxygens (including phenoxy) is 1. The van der Waals surface area contributed by atoms with Gasteiger partial charge in [0.2, 0.25) is 0 Å². The largest absolute Gasteiger partial charge is 0.369 e. The maximum Gasteiger partial charge on any atom is 0.130 e. The summed E-state index contributed by atoms with van der Waals surface area (Å²) >= 11 is 5.80. The van der Waals surface area contributed by atoms with Gasteiger partial charge in [-0.2, -0.15) is 0 Å². The Morgan fingerprint density at radius 3 is 2.80 bits per heavy atom. The molecule has 1 aliphatic heterocycles. The molecule has 0 bridgehead atoms. The van der Waals surface area contributed by atoms with Gasteiger partial charge in [-0.15, -0.1) is 0 Å². The summed E-state index contributed by atoms with van der Waals surface area (Å²) in [7, 11) is 0. The van der Waals surface area contributed by atoms with Crippen LogP contribution in [0.2, 0.25) is 5.02 Å². The SMILES string of the molecule is Clc1ccc(Nc2ccc(C3CNCCO3)nc2)nc1. The Balaban J connectivity index is 1.67. The summed E-state index contributed by atoms with van der Waals surface area (Å²) in [5.41, 5.74) is 1.82. The number of hydrogen-bond acceptors (Lipinski definition) is 5. The number of rotatable bonds is 3. The predicted molar refractivity (Wildman–Crippen MR) is 78.3 cm³/mol. The quantitative estimate of drug-likeness (QED) is 0.910. The van der Waals surface area contributed by atoms with E-state index in [9.17, 15) is 0 Å². The van der Waals surface area contributed by atoms with E-state index >= 15 is 0 Å². The van der Waals surface area contributed by atoms with E-state index < -0.39 is 0 Å². The maximum absolute atomic E-state index is 5.80. The third-order valence-corrected chi connectivity index (χ3v) is 3.27. The minimum atomic E-state index is 0.0338. The molecule has 0 spiro atoms. The van der Waals surface area contributed by atoms with Crippen molar-refractivity contribution >= 4 is 23.1 Å². The molecule has 0 saturated carbocycles. The first-order valence-electron chi connectivity index (χ1n) is 6.48. The summed E-state index contributed by atoms with van der Waals surface area (Å²) in [6.07, 6.45) is 3.42. The number of aromatic nitrogens is 2. The van der Waals surface area contributed by atoms with Crippen LogP contribution in [0.4, 0.5) is 11.5 Å². The minimum Gasteiger partial charge on any atom is -0.369 e. The standard InChI is InChI=1S/C14H15ClN4O/c15-10-1-4-14(18-7-10)19-11-2-3-12(17-8-11)13-9-16-5-6-20-13/h1-4,7-8,13,16H,5-6,9H2,(H,18,19). The van der Waals surface area contributed by atoms with Crippen LogP contribution in [0.5, 0.6) is 0 Å². The van der Waals surface area contributed by atoms with Crippen LogP contribution >= 0.6 is 11.6 Å². The second kappa shape index (κ2) is 6.17. The molecule has 1 aliphatic rings. The highest BCUT2D eigenvalue weighted by molar-refractivity contribution is 6.30. The lowest BCUT2D eigenvalue weighted by Crippen LogP contribution is -2.33. The fourth-order valence-electron chi connectivity index (χ4n) is 2.02. The molecular formula is C14H15ClN4O.